The van der Waals surface area contributed by atoms with Crippen LogP contribution in [0.1, 0.15) is 0 Å². The van der Waals surface area contributed by atoms with Gasteiger partial charge in [0.2, 0.25) is 0 Å². The highest BCUT2D eigenvalue weighted by Gasteiger charge is 2.13. The van der Waals surface area contributed by atoms with E-state index in [4.69, 9.17) is 11.6 Å². The van der Waals surface area contributed by atoms with E-state index in [0.717, 1.165) is 10.2 Å². The molecule has 4 nitrogen and oxygen atoms in total. The lowest BCUT2D eigenvalue weighted by molar-refractivity contribution is 0.772. The van der Waals surface area contributed by atoms with Crippen molar-refractivity contribution in [2.75, 3.05) is 0 Å². The van der Waals surface area contributed by atoms with Gasteiger partial charge in [0.1, 0.15) is 11.4 Å². The second-order valence-electron chi connectivity index (χ2n) is 2.66. The van der Waals surface area contributed by atoms with Crippen LogP contribution in [0.3, 0.4) is 0 Å². The van der Waals surface area contributed by atoms with E-state index in [2.05, 4.69) is 31.0 Å². The van der Waals surface area contributed by atoms with Crippen LogP contribution in [0.25, 0.3) is 11.4 Å². The van der Waals surface area contributed by atoms with Gasteiger partial charge < -0.3 is 0 Å². The Balaban J connectivity index is 2.66. The highest BCUT2D eigenvalue weighted by atomic mass is 79.9. The lowest BCUT2D eigenvalue weighted by Gasteiger charge is -2.02. The van der Waals surface area contributed by atoms with E-state index < -0.39 is 0 Å². The summed E-state index contributed by atoms with van der Waals surface area (Å²) < 4.78 is 2.54. The van der Waals surface area contributed by atoms with Crippen molar-refractivity contribution in [3.8, 4) is 11.4 Å². The van der Waals surface area contributed by atoms with Gasteiger partial charge in [-0.25, -0.2) is 9.97 Å². The molecule has 0 spiro atoms. The lowest BCUT2D eigenvalue weighted by atomic mass is 10.3. The third-order valence-electron chi connectivity index (χ3n) is 1.77. The summed E-state index contributed by atoms with van der Waals surface area (Å²) in [5.41, 5.74) is 1.45. The minimum Gasteiger partial charge on any atom is -0.265 e. The van der Waals surface area contributed by atoms with Crippen LogP contribution in [-0.4, -0.2) is 19.7 Å². The maximum absolute atomic E-state index is 5.92. The molecule has 0 bridgehead atoms. The number of hydrogen-bond acceptors (Lipinski definition) is 3. The van der Waals surface area contributed by atoms with E-state index in [1.54, 1.807) is 23.3 Å². The van der Waals surface area contributed by atoms with Gasteiger partial charge in [-0.15, -0.1) is 0 Å². The molecule has 2 heterocycles. The molecule has 0 radical (unpaired) electrons. The van der Waals surface area contributed by atoms with Crippen LogP contribution in [0.4, 0.5) is 0 Å². The Kier molecular flexibility index (Phi) is 2.52. The van der Waals surface area contributed by atoms with Crippen LogP contribution in [0.5, 0.6) is 0 Å². The molecule has 0 saturated heterocycles. The number of aryl methyl sites for hydroxylation is 1. The molecule has 0 saturated carbocycles. The van der Waals surface area contributed by atoms with Crippen molar-refractivity contribution in [1.82, 2.24) is 19.7 Å². The van der Waals surface area contributed by atoms with E-state index in [1.807, 2.05) is 7.05 Å². The molecule has 0 aromatic carbocycles. The third-order valence-corrected chi connectivity index (χ3v) is 2.63. The van der Waals surface area contributed by atoms with Crippen molar-refractivity contribution >= 4 is 27.5 Å². The van der Waals surface area contributed by atoms with Crippen LogP contribution in [-0.2, 0) is 7.05 Å². The topological polar surface area (TPSA) is 43.6 Å². The van der Waals surface area contributed by atoms with Crippen LogP contribution < -0.4 is 0 Å². The van der Waals surface area contributed by atoms with Crippen LogP contribution >= 0.6 is 27.5 Å². The Labute approximate surface area is 94.1 Å². The summed E-state index contributed by atoms with van der Waals surface area (Å²) in [4.78, 5) is 8.12. The van der Waals surface area contributed by atoms with Crippen molar-refractivity contribution in [3.05, 3.63) is 28.2 Å². The second kappa shape index (κ2) is 3.67. The molecular formula is C8H6BrClN4. The van der Waals surface area contributed by atoms with Gasteiger partial charge in [0.05, 0.1) is 10.7 Å². The maximum atomic E-state index is 5.92. The Hall–Kier alpha value is -0.940. The molecule has 2 aromatic rings. The third kappa shape index (κ3) is 1.53. The summed E-state index contributed by atoms with van der Waals surface area (Å²) >= 11 is 9.30. The average molecular weight is 274 g/mol. The zero-order valence-corrected chi connectivity index (χ0v) is 9.62. The molecule has 0 unspecified atom stereocenters. The van der Waals surface area contributed by atoms with Gasteiger partial charge in [-0.1, -0.05) is 11.6 Å². The van der Waals surface area contributed by atoms with Gasteiger partial charge in [-0.3, -0.25) is 4.68 Å². The maximum Gasteiger partial charge on any atom is 0.156 e. The standard InChI is InChI=1S/C8H6BrClN4/c1-14-7(5(9)4-13-14)6-8(10)12-3-2-11-6/h2-4H,1H3. The second-order valence-corrected chi connectivity index (χ2v) is 3.87. The quantitative estimate of drug-likeness (QED) is 0.801. The van der Waals surface area contributed by atoms with Gasteiger partial charge in [-0.2, -0.15) is 5.10 Å². The molecule has 0 N–H and O–H groups in total. The van der Waals surface area contributed by atoms with Crippen molar-refractivity contribution in [2.45, 2.75) is 0 Å². The fraction of sp³-hybridized carbons (Fsp3) is 0.125. The van der Waals surface area contributed by atoms with Gasteiger partial charge >= 0.3 is 0 Å². The predicted molar refractivity (Wildman–Crippen MR) is 56.9 cm³/mol. The monoisotopic (exact) mass is 272 g/mol. The first-order valence-corrected chi connectivity index (χ1v) is 5.01. The molecule has 0 atom stereocenters. The summed E-state index contributed by atoms with van der Waals surface area (Å²) in [6.45, 7) is 0. The normalized spacial score (nSPS) is 10.5. The van der Waals surface area contributed by atoms with E-state index in [1.165, 1.54) is 0 Å². The van der Waals surface area contributed by atoms with Crippen molar-refractivity contribution in [3.63, 3.8) is 0 Å². The van der Waals surface area contributed by atoms with Gasteiger partial charge in [0.25, 0.3) is 0 Å². The van der Waals surface area contributed by atoms with E-state index in [9.17, 15) is 0 Å². The van der Waals surface area contributed by atoms with Crippen molar-refractivity contribution in [2.24, 2.45) is 7.05 Å². The SMILES string of the molecule is Cn1ncc(Br)c1-c1nccnc1Cl. The van der Waals surface area contributed by atoms with E-state index >= 15 is 0 Å². The molecule has 0 fully saturated rings. The highest BCUT2D eigenvalue weighted by Crippen LogP contribution is 2.29. The number of halogens is 2. The zero-order valence-electron chi connectivity index (χ0n) is 7.28. The number of nitrogens with zero attached hydrogens (tertiary/aromatic N) is 4. The molecule has 0 aliphatic rings. The van der Waals surface area contributed by atoms with Gasteiger partial charge in [0.15, 0.2) is 5.15 Å². The Bertz CT molecular complexity index is 449. The summed E-state index contributed by atoms with van der Waals surface area (Å²) in [6, 6.07) is 0. The molecule has 72 valence electrons. The molecule has 6 heteroatoms. The first-order valence-electron chi connectivity index (χ1n) is 3.84. The van der Waals surface area contributed by atoms with E-state index in [0.29, 0.717) is 10.8 Å². The Morgan fingerprint density at radius 3 is 2.64 bits per heavy atom. The number of rotatable bonds is 1. The minimum absolute atomic E-state index is 0.372. The molecule has 2 aromatic heterocycles. The predicted octanol–water partition coefficient (Wildman–Crippen LogP) is 2.29. The average Bonchev–Trinajstić information content (AvgIpc) is 2.48. The lowest BCUT2D eigenvalue weighted by Crippen LogP contribution is -1.97. The van der Waals surface area contributed by atoms with Crippen molar-refractivity contribution < 1.29 is 0 Å². The molecular weight excluding hydrogens is 267 g/mol. The van der Waals surface area contributed by atoms with Gasteiger partial charge in [0, 0.05) is 19.4 Å². The van der Waals surface area contributed by atoms with Crippen LogP contribution in [0.2, 0.25) is 5.15 Å². The zero-order chi connectivity index (χ0) is 10.1. The first kappa shape index (κ1) is 9.61. The highest BCUT2D eigenvalue weighted by molar-refractivity contribution is 9.10. The smallest absolute Gasteiger partial charge is 0.156 e. The molecule has 0 amide bonds. The number of aromatic nitrogens is 4. The molecule has 0 aliphatic carbocycles. The van der Waals surface area contributed by atoms with Crippen LogP contribution in [0.15, 0.2) is 23.1 Å². The minimum atomic E-state index is 0.372. The molecule has 0 aliphatic heterocycles. The summed E-state index contributed by atoms with van der Waals surface area (Å²) in [5, 5.41) is 4.45. The fourth-order valence-corrected chi connectivity index (χ4v) is 1.89. The molecule has 14 heavy (non-hydrogen) atoms. The van der Waals surface area contributed by atoms with Gasteiger partial charge in [-0.05, 0) is 15.9 Å². The Morgan fingerprint density at radius 1 is 1.36 bits per heavy atom. The molecule has 2 rings (SSSR count). The fourth-order valence-electron chi connectivity index (χ4n) is 1.16. The van der Waals surface area contributed by atoms with Crippen LogP contribution in [0, 0.1) is 0 Å². The Morgan fingerprint density at radius 2 is 2.07 bits per heavy atom. The van der Waals surface area contributed by atoms with E-state index in [-0.39, 0.29) is 0 Å². The summed E-state index contributed by atoms with van der Waals surface area (Å²) in [7, 11) is 1.82. The summed E-state index contributed by atoms with van der Waals surface area (Å²) in [6.07, 6.45) is 4.84. The summed E-state index contributed by atoms with van der Waals surface area (Å²) in [5.74, 6) is 0. The largest absolute Gasteiger partial charge is 0.265 e. The van der Waals surface area contributed by atoms with Crippen molar-refractivity contribution in [1.29, 1.82) is 0 Å². The first-order chi connectivity index (χ1) is 6.70. The number of hydrogen-bond donors (Lipinski definition) is 0.